The zero-order valence-corrected chi connectivity index (χ0v) is 11.4. The number of carbonyl (C=O) groups is 1. The fourth-order valence-corrected chi connectivity index (χ4v) is 3.50. The van der Waals surface area contributed by atoms with Gasteiger partial charge in [-0.15, -0.1) is 0 Å². The van der Waals surface area contributed by atoms with Gasteiger partial charge in [-0.1, -0.05) is 0 Å². The Balaban J connectivity index is 1.56. The number of morpholine rings is 1. The number of nitrogens with zero attached hydrogens (tertiary/aromatic N) is 1. The van der Waals surface area contributed by atoms with E-state index in [9.17, 15) is 4.79 Å². The summed E-state index contributed by atoms with van der Waals surface area (Å²) >= 11 is 0. The highest BCUT2D eigenvalue weighted by Gasteiger charge is 2.36. The second-order valence-corrected chi connectivity index (χ2v) is 6.02. The summed E-state index contributed by atoms with van der Waals surface area (Å²) in [6.07, 6.45) is 5.19. The lowest BCUT2D eigenvalue weighted by molar-refractivity contribution is -0.148. The summed E-state index contributed by atoms with van der Waals surface area (Å²) in [7, 11) is 0. The molecule has 1 aliphatic carbocycles. The molecule has 2 heterocycles. The highest BCUT2D eigenvalue weighted by molar-refractivity contribution is 5.79. The van der Waals surface area contributed by atoms with Crippen LogP contribution in [0.15, 0.2) is 0 Å². The molecule has 0 spiro atoms. The maximum Gasteiger partial charge on any atom is 0.225 e. The highest BCUT2D eigenvalue weighted by Crippen LogP contribution is 2.28. The normalized spacial score (nSPS) is 39.7. The zero-order valence-electron chi connectivity index (χ0n) is 11.4. The van der Waals surface area contributed by atoms with Crippen molar-refractivity contribution in [2.24, 2.45) is 11.7 Å². The Morgan fingerprint density at radius 1 is 1.11 bits per heavy atom. The first-order valence-electron chi connectivity index (χ1n) is 7.51. The monoisotopic (exact) mass is 268 g/mol. The van der Waals surface area contributed by atoms with Crippen molar-refractivity contribution in [3.8, 4) is 0 Å². The fraction of sp³-hybridized carbons (Fsp3) is 0.929. The lowest BCUT2D eigenvalue weighted by Gasteiger charge is -2.36. The van der Waals surface area contributed by atoms with Crippen molar-refractivity contribution in [1.29, 1.82) is 0 Å². The van der Waals surface area contributed by atoms with Crippen LogP contribution in [0.25, 0.3) is 0 Å². The van der Waals surface area contributed by atoms with Crippen LogP contribution in [-0.2, 0) is 14.3 Å². The Hall–Kier alpha value is -0.650. The van der Waals surface area contributed by atoms with E-state index in [1.165, 1.54) is 0 Å². The van der Waals surface area contributed by atoms with Crippen LogP contribution in [0, 0.1) is 5.92 Å². The molecule has 4 unspecified atom stereocenters. The minimum Gasteiger partial charge on any atom is -0.375 e. The molecule has 0 aromatic carbocycles. The molecule has 1 amide bonds. The van der Waals surface area contributed by atoms with E-state index >= 15 is 0 Å². The SMILES string of the molecule is NC1CCC(C(=O)N2CCOC(C3CCCO3)C2)C1. The third-order valence-electron chi connectivity index (χ3n) is 4.61. The number of hydrogen-bond donors (Lipinski definition) is 1. The van der Waals surface area contributed by atoms with Crippen molar-refractivity contribution in [2.75, 3.05) is 26.3 Å². The molecule has 2 aliphatic heterocycles. The van der Waals surface area contributed by atoms with E-state index in [1.54, 1.807) is 0 Å². The summed E-state index contributed by atoms with van der Waals surface area (Å²) in [6.45, 7) is 2.87. The van der Waals surface area contributed by atoms with Crippen LogP contribution in [-0.4, -0.2) is 55.4 Å². The van der Waals surface area contributed by atoms with Gasteiger partial charge in [0, 0.05) is 31.7 Å². The van der Waals surface area contributed by atoms with Crippen LogP contribution in [0.4, 0.5) is 0 Å². The lowest BCUT2D eigenvalue weighted by Crippen LogP contribution is -2.51. The van der Waals surface area contributed by atoms with Gasteiger partial charge < -0.3 is 20.1 Å². The van der Waals surface area contributed by atoms with Crippen LogP contribution in [0.3, 0.4) is 0 Å². The summed E-state index contributed by atoms with van der Waals surface area (Å²) in [5, 5.41) is 0. The van der Waals surface area contributed by atoms with Gasteiger partial charge in [0.1, 0.15) is 6.10 Å². The molecule has 0 aromatic heterocycles. The molecule has 108 valence electrons. The number of hydrogen-bond acceptors (Lipinski definition) is 4. The molecule has 19 heavy (non-hydrogen) atoms. The highest BCUT2D eigenvalue weighted by atomic mass is 16.5. The van der Waals surface area contributed by atoms with Crippen molar-refractivity contribution < 1.29 is 14.3 Å². The molecule has 2 N–H and O–H groups in total. The van der Waals surface area contributed by atoms with Crippen LogP contribution < -0.4 is 5.73 Å². The molecule has 3 rings (SSSR count). The smallest absolute Gasteiger partial charge is 0.225 e. The summed E-state index contributed by atoms with van der Waals surface area (Å²) in [4.78, 5) is 14.5. The van der Waals surface area contributed by atoms with Crippen molar-refractivity contribution in [1.82, 2.24) is 4.90 Å². The Morgan fingerprint density at radius 2 is 1.95 bits per heavy atom. The maximum absolute atomic E-state index is 12.5. The molecule has 2 saturated heterocycles. The van der Waals surface area contributed by atoms with E-state index in [0.717, 1.165) is 38.7 Å². The van der Waals surface area contributed by atoms with E-state index in [4.69, 9.17) is 15.2 Å². The first kappa shape index (κ1) is 13.3. The summed E-state index contributed by atoms with van der Waals surface area (Å²) < 4.78 is 11.5. The van der Waals surface area contributed by atoms with Crippen molar-refractivity contribution >= 4 is 5.91 Å². The van der Waals surface area contributed by atoms with Gasteiger partial charge in [-0.25, -0.2) is 0 Å². The van der Waals surface area contributed by atoms with E-state index in [1.807, 2.05) is 4.90 Å². The largest absolute Gasteiger partial charge is 0.375 e. The molecule has 3 fully saturated rings. The van der Waals surface area contributed by atoms with Crippen LogP contribution >= 0.6 is 0 Å². The Morgan fingerprint density at radius 3 is 2.63 bits per heavy atom. The van der Waals surface area contributed by atoms with Gasteiger partial charge in [0.2, 0.25) is 5.91 Å². The molecule has 4 atom stereocenters. The molecule has 5 heteroatoms. The number of carbonyl (C=O) groups excluding carboxylic acids is 1. The summed E-state index contributed by atoms with van der Waals surface area (Å²) in [6, 6.07) is 0.212. The van der Waals surface area contributed by atoms with Gasteiger partial charge in [0.25, 0.3) is 0 Å². The standard InChI is InChI=1S/C14H24N2O3/c15-11-4-3-10(8-11)14(17)16-5-7-19-13(9-16)12-2-1-6-18-12/h10-13H,1-9,15H2. The Labute approximate surface area is 114 Å². The predicted molar refractivity (Wildman–Crippen MR) is 70.6 cm³/mol. The van der Waals surface area contributed by atoms with Crippen LogP contribution in [0.5, 0.6) is 0 Å². The zero-order chi connectivity index (χ0) is 13.2. The molecule has 0 aromatic rings. The molecule has 3 aliphatic rings. The molecular formula is C14H24N2O3. The van der Waals surface area contributed by atoms with E-state index in [-0.39, 0.29) is 30.1 Å². The van der Waals surface area contributed by atoms with E-state index in [2.05, 4.69) is 0 Å². The summed E-state index contributed by atoms with van der Waals surface area (Å²) in [5.41, 5.74) is 5.90. The van der Waals surface area contributed by atoms with Gasteiger partial charge in [0.15, 0.2) is 0 Å². The number of amides is 1. The molecule has 0 radical (unpaired) electrons. The second-order valence-electron chi connectivity index (χ2n) is 6.02. The second kappa shape index (κ2) is 5.77. The van der Waals surface area contributed by atoms with E-state index in [0.29, 0.717) is 19.7 Å². The van der Waals surface area contributed by atoms with Crippen molar-refractivity contribution in [2.45, 2.75) is 50.4 Å². The third kappa shape index (κ3) is 2.93. The summed E-state index contributed by atoms with van der Waals surface area (Å²) in [5.74, 6) is 0.414. The number of rotatable bonds is 2. The molecule has 5 nitrogen and oxygen atoms in total. The van der Waals surface area contributed by atoms with Crippen LogP contribution in [0.2, 0.25) is 0 Å². The van der Waals surface area contributed by atoms with Gasteiger partial charge in [-0.05, 0) is 32.1 Å². The molecular weight excluding hydrogens is 244 g/mol. The van der Waals surface area contributed by atoms with Crippen LogP contribution in [0.1, 0.15) is 32.1 Å². The first-order valence-corrected chi connectivity index (χ1v) is 7.51. The van der Waals surface area contributed by atoms with Gasteiger partial charge in [-0.3, -0.25) is 4.79 Å². The van der Waals surface area contributed by atoms with Crippen molar-refractivity contribution in [3.05, 3.63) is 0 Å². The Kier molecular flexibility index (Phi) is 4.05. The lowest BCUT2D eigenvalue weighted by atomic mass is 10.0. The quantitative estimate of drug-likeness (QED) is 0.793. The topological polar surface area (TPSA) is 64.8 Å². The number of ether oxygens (including phenoxy) is 2. The van der Waals surface area contributed by atoms with Crippen molar-refractivity contribution in [3.63, 3.8) is 0 Å². The van der Waals surface area contributed by atoms with Gasteiger partial charge in [-0.2, -0.15) is 0 Å². The minimum atomic E-state index is 0.0651. The Bertz CT molecular complexity index is 331. The minimum absolute atomic E-state index is 0.0651. The third-order valence-corrected chi connectivity index (χ3v) is 4.61. The average molecular weight is 268 g/mol. The fourth-order valence-electron chi connectivity index (χ4n) is 3.50. The predicted octanol–water partition coefficient (Wildman–Crippen LogP) is 0.520. The van der Waals surface area contributed by atoms with Gasteiger partial charge in [0.05, 0.1) is 12.7 Å². The molecule has 1 saturated carbocycles. The first-order chi connectivity index (χ1) is 9.24. The molecule has 0 bridgehead atoms. The van der Waals surface area contributed by atoms with E-state index < -0.39 is 0 Å². The average Bonchev–Trinajstić information content (AvgIpc) is 3.09. The number of nitrogens with two attached hydrogens (primary N) is 1. The maximum atomic E-state index is 12.5. The van der Waals surface area contributed by atoms with Gasteiger partial charge >= 0.3 is 0 Å².